The van der Waals surface area contributed by atoms with E-state index in [1.54, 1.807) is 28.2 Å². The molecule has 21 heavy (non-hydrogen) atoms. The normalized spacial score (nSPS) is 13.4. The largest absolute Gasteiger partial charge is 4.00 e. The molecule has 0 unspecified atom stereocenters. The second kappa shape index (κ2) is 22.0. The number of hydrogen-bond acceptors (Lipinski definition) is 0. The van der Waals surface area contributed by atoms with Crippen LogP contribution in [-0.4, -0.2) is 28.2 Å². The summed E-state index contributed by atoms with van der Waals surface area (Å²) in [6.07, 6.45) is 19.3. The Morgan fingerprint density at radius 1 is 0.810 bits per heavy atom. The fourth-order valence-electron chi connectivity index (χ4n) is 1.39. The Hall–Kier alpha value is -0.250. The third-order valence-corrected chi connectivity index (χ3v) is 2.29. The van der Waals surface area contributed by atoms with Crippen LogP contribution >= 0.6 is 0 Å². The molecule has 0 N–H and O–H groups in total. The zero-order chi connectivity index (χ0) is 15.6. The second-order valence-electron chi connectivity index (χ2n) is 4.22. The summed E-state index contributed by atoms with van der Waals surface area (Å²) in [5.74, 6) is 0. The van der Waals surface area contributed by atoms with E-state index >= 15 is 0 Å². The van der Waals surface area contributed by atoms with E-state index in [-0.39, 0.29) is 25.8 Å². The fraction of sp³-hybridized carbons (Fsp3) is 0.556. The summed E-state index contributed by atoms with van der Waals surface area (Å²) in [6, 6.07) is 0. The maximum absolute atomic E-state index is 3.50. The molecule has 2 nitrogen and oxygen atoms in total. The van der Waals surface area contributed by atoms with Gasteiger partial charge in [0, 0.05) is 0 Å². The molecule has 0 aliphatic heterocycles. The first kappa shape index (κ1) is 25.7. The zero-order valence-electron chi connectivity index (χ0n) is 14.5. The maximum Gasteiger partial charge on any atom is 4.00 e. The Labute approximate surface area is 151 Å². The Kier molecular flexibility index (Phi) is 27.0. The number of hydrogen-bond donors (Lipinski definition) is 0. The van der Waals surface area contributed by atoms with Crippen molar-refractivity contribution in [2.75, 3.05) is 28.2 Å². The first-order valence-electron chi connectivity index (χ1n) is 7.18. The molecule has 2 aliphatic rings. The predicted molar refractivity (Wildman–Crippen MR) is 92.0 cm³/mol. The van der Waals surface area contributed by atoms with E-state index in [2.05, 4.69) is 60.9 Å². The first-order chi connectivity index (χ1) is 9.69. The van der Waals surface area contributed by atoms with Gasteiger partial charge in [-0.15, -0.1) is 12.8 Å². The van der Waals surface area contributed by atoms with Gasteiger partial charge >= 0.3 is 25.8 Å². The van der Waals surface area contributed by atoms with Gasteiger partial charge in [-0.25, -0.2) is 23.3 Å². The van der Waals surface area contributed by atoms with Gasteiger partial charge in [0.05, 0.1) is 0 Å². The minimum Gasteiger partial charge on any atom is -0.668 e. The van der Waals surface area contributed by atoms with Crippen molar-refractivity contribution in [3.8, 4) is 0 Å². The molecule has 0 aromatic heterocycles. The van der Waals surface area contributed by atoms with E-state index in [4.69, 9.17) is 0 Å². The zero-order valence-corrected chi connectivity index (χ0v) is 18.1. The van der Waals surface area contributed by atoms with Gasteiger partial charge in [-0.3, -0.25) is 12.2 Å². The Balaban J connectivity index is -0.000000220. The van der Waals surface area contributed by atoms with Crippen molar-refractivity contribution >= 4 is 0 Å². The summed E-state index contributed by atoms with van der Waals surface area (Å²) in [6.45, 7) is 4.30. The van der Waals surface area contributed by atoms with Crippen molar-refractivity contribution in [2.45, 2.75) is 39.5 Å². The monoisotopic (exact) mass is 454 g/mol. The number of nitrogens with zero attached hydrogens (tertiary/aromatic N) is 2. The Morgan fingerprint density at radius 2 is 1.10 bits per heavy atom. The van der Waals surface area contributed by atoms with Gasteiger partial charge in [-0.05, 0) is 0 Å². The van der Waals surface area contributed by atoms with Crippen molar-refractivity contribution in [1.29, 1.82) is 0 Å². The van der Waals surface area contributed by atoms with E-state index in [9.17, 15) is 0 Å². The molecule has 0 aromatic rings. The van der Waals surface area contributed by atoms with Crippen molar-refractivity contribution in [2.24, 2.45) is 0 Å². The van der Waals surface area contributed by atoms with Crippen LogP contribution in [0.4, 0.5) is 0 Å². The molecule has 0 spiro atoms. The molecule has 3 heteroatoms. The molecule has 0 saturated carbocycles. The third-order valence-electron chi connectivity index (χ3n) is 2.29. The molecular formula is C18H30HfN2. The molecule has 0 saturated heterocycles. The van der Waals surface area contributed by atoms with Crippen molar-refractivity contribution in [3.05, 3.63) is 58.2 Å². The molecule has 116 valence electrons. The molecule has 0 heterocycles. The topological polar surface area (TPSA) is 28.2 Å². The molecule has 0 fully saturated rings. The van der Waals surface area contributed by atoms with E-state index < -0.39 is 0 Å². The standard InChI is InChI=1S/2C7H9.2C2H6N.Hf/c2*1-2-7-5-3-4-6-7;2*1-3-2;/h2*3,5H,2,4H2,1H3;2*1-2H3;/q4*-1;+4. The molecule has 2 aliphatic carbocycles. The molecule has 0 atom stereocenters. The van der Waals surface area contributed by atoms with Crippen molar-refractivity contribution < 1.29 is 25.8 Å². The van der Waals surface area contributed by atoms with E-state index in [0.717, 1.165) is 25.7 Å². The van der Waals surface area contributed by atoms with Gasteiger partial charge in [0.25, 0.3) is 0 Å². The van der Waals surface area contributed by atoms with E-state index in [1.165, 1.54) is 11.1 Å². The summed E-state index contributed by atoms with van der Waals surface area (Å²) < 4.78 is 0. The summed E-state index contributed by atoms with van der Waals surface area (Å²) in [5.41, 5.74) is 2.72. The average Bonchev–Trinajstić information content (AvgIpc) is 3.14. The number of allylic oxidation sites excluding steroid dienone is 8. The van der Waals surface area contributed by atoms with Crippen LogP contribution in [0, 0.1) is 12.2 Å². The van der Waals surface area contributed by atoms with Crippen LogP contribution in [0.5, 0.6) is 0 Å². The van der Waals surface area contributed by atoms with Crippen LogP contribution in [0.15, 0.2) is 35.5 Å². The van der Waals surface area contributed by atoms with Gasteiger partial charge in [-0.1, -0.05) is 26.7 Å². The van der Waals surface area contributed by atoms with E-state index in [1.807, 2.05) is 0 Å². The van der Waals surface area contributed by atoms with Crippen LogP contribution in [0.1, 0.15) is 39.5 Å². The van der Waals surface area contributed by atoms with Gasteiger partial charge in [0.2, 0.25) is 0 Å². The van der Waals surface area contributed by atoms with Gasteiger partial charge < -0.3 is 10.6 Å². The average molecular weight is 453 g/mol. The van der Waals surface area contributed by atoms with E-state index in [0.29, 0.717) is 0 Å². The van der Waals surface area contributed by atoms with Crippen LogP contribution in [-0.2, 0) is 25.8 Å². The molecule has 0 radical (unpaired) electrons. The fourth-order valence-corrected chi connectivity index (χ4v) is 1.39. The van der Waals surface area contributed by atoms with Crippen LogP contribution in [0.2, 0.25) is 0 Å². The van der Waals surface area contributed by atoms with Crippen LogP contribution in [0.3, 0.4) is 0 Å². The minimum absolute atomic E-state index is 0. The third kappa shape index (κ3) is 19.8. The molecule has 0 amide bonds. The summed E-state index contributed by atoms with van der Waals surface area (Å²) >= 11 is 0. The van der Waals surface area contributed by atoms with Crippen molar-refractivity contribution in [3.63, 3.8) is 0 Å². The SMILES string of the molecule is CCC1=[C-]CC=C1.CCC1=[C-]CC=C1.C[N-]C.C[N-]C.[Hf+4]. The summed E-state index contributed by atoms with van der Waals surface area (Å²) in [4.78, 5) is 0. The minimum atomic E-state index is 0. The Morgan fingerprint density at radius 3 is 1.19 bits per heavy atom. The van der Waals surface area contributed by atoms with Crippen LogP contribution in [0.25, 0.3) is 10.6 Å². The molecule has 2 rings (SSSR count). The Bertz CT molecular complexity index is 283. The predicted octanol–water partition coefficient (Wildman–Crippen LogP) is 5.41. The summed E-state index contributed by atoms with van der Waals surface area (Å²) in [7, 11) is 7.00. The summed E-state index contributed by atoms with van der Waals surface area (Å²) in [5, 5.41) is 7.00. The van der Waals surface area contributed by atoms with Crippen molar-refractivity contribution in [1.82, 2.24) is 0 Å². The van der Waals surface area contributed by atoms with Gasteiger partial charge in [-0.2, -0.15) is 40.3 Å². The van der Waals surface area contributed by atoms with Gasteiger partial charge in [0.15, 0.2) is 0 Å². The quantitative estimate of drug-likeness (QED) is 0.396. The van der Waals surface area contributed by atoms with Gasteiger partial charge in [0.1, 0.15) is 0 Å². The second-order valence-corrected chi connectivity index (χ2v) is 4.22. The molecule has 0 aromatic carbocycles. The smallest absolute Gasteiger partial charge is 0.668 e. The molecular weight excluding hydrogens is 423 g/mol. The van der Waals surface area contributed by atoms with Crippen LogP contribution < -0.4 is 0 Å². The first-order valence-corrected chi connectivity index (χ1v) is 7.18. The molecule has 0 bridgehead atoms. The maximum atomic E-state index is 3.50. The number of rotatable bonds is 2.